The van der Waals surface area contributed by atoms with E-state index in [0.717, 1.165) is 29.5 Å². The molecule has 2 aromatic rings. The maximum Gasteiger partial charge on any atom is 0.163 e. The summed E-state index contributed by atoms with van der Waals surface area (Å²) in [5, 5.41) is 0. The molecule has 0 radical (unpaired) electrons. The van der Waals surface area contributed by atoms with E-state index in [4.69, 9.17) is 4.74 Å². The fourth-order valence-corrected chi connectivity index (χ4v) is 2.91. The van der Waals surface area contributed by atoms with Gasteiger partial charge in [-0.15, -0.1) is 0 Å². The number of rotatable bonds is 3. The average molecular weight is 349 g/mol. The van der Waals surface area contributed by atoms with Gasteiger partial charge in [-0.25, -0.2) is 4.39 Å². The van der Waals surface area contributed by atoms with Gasteiger partial charge in [0, 0.05) is 17.5 Å². The van der Waals surface area contributed by atoms with Crippen LogP contribution in [-0.2, 0) is 13.0 Å². The number of fused-ring (bicyclic) bond motifs is 1. The highest BCUT2D eigenvalue weighted by Gasteiger charge is 2.17. The van der Waals surface area contributed by atoms with E-state index in [1.807, 2.05) is 18.2 Å². The lowest BCUT2D eigenvalue weighted by atomic mass is 9.90. The predicted octanol–water partition coefficient (Wildman–Crippen LogP) is 4.69. The van der Waals surface area contributed by atoms with Gasteiger partial charge < -0.3 is 4.74 Å². The van der Waals surface area contributed by atoms with Crippen molar-refractivity contribution in [2.45, 2.75) is 25.9 Å². The van der Waals surface area contributed by atoms with Crippen molar-refractivity contribution < 1.29 is 13.9 Å². The molecular formula is C17H14BrFO2. The first-order valence-electron chi connectivity index (χ1n) is 6.87. The normalized spacial score (nSPS) is 13.9. The van der Waals surface area contributed by atoms with Gasteiger partial charge in [-0.3, -0.25) is 4.79 Å². The van der Waals surface area contributed by atoms with E-state index in [2.05, 4.69) is 15.9 Å². The number of halogens is 2. The van der Waals surface area contributed by atoms with Gasteiger partial charge in [-0.2, -0.15) is 0 Å². The van der Waals surface area contributed by atoms with Gasteiger partial charge in [-0.05, 0) is 58.6 Å². The molecular weight excluding hydrogens is 335 g/mol. The summed E-state index contributed by atoms with van der Waals surface area (Å²) in [5.41, 5.74) is 2.60. The van der Waals surface area contributed by atoms with Crippen molar-refractivity contribution in [3.63, 3.8) is 0 Å². The molecule has 3 rings (SSSR count). The summed E-state index contributed by atoms with van der Waals surface area (Å²) in [6, 6.07) is 10.4. The number of aryl methyl sites for hydroxylation is 1. The summed E-state index contributed by atoms with van der Waals surface area (Å²) in [6.07, 6.45) is 2.43. The molecule has 0 fully saturated rings. The van der Waals surface area contributed by atoms with Gasteiger partial charge in [0.25, 0.3) is 0 Å². The van der Waals surface area contributed by atoms with Crippen molar-refractivity contribution in [1.29, 1.82) is 0 Å². The third kappa shape index (κ3) is 3.00. The van der Waals surface area contributed by atoms with Gasteiger partial charge in [0.15, 0.2) is 5.78 Å². The molecule has 0 saturated heterocycles. The van der Waals surface area contributed by atoms with Gasteiger partial charge in [0.1, 0.15) is 18.2 Å². The molecule has 0 unspecified atom stereocenters. The van der Waals surface area contributed by atoms with Crippen LogP contribution in [0.2, 0.25) is 0 Å². The quantitative estimate of drug-likeness (QED) is 0.804. The zero-order valence-electron chi connectivity index (χ0n) is 11.4. The Hall–Kier alpha value is -1.68. The molecule has 21 heavy (non-hydrogen) atoms. The van der Waals surface area contributed by atoms with E-state index in [9.17, 15) is 9.18 Å². The third-order valence-corrected chi connectivity index (χ3v) is 4.54. The summed E-state index contributed by atoms with van der Waals surface area (Å²) in [6.45, 7) is 0.283. The van der Waals surface area contributed by atoms with Crippen LogP contribution in [-0.4, -0.2) is 5.78 Å². The van der Waals surface area contributed by atoms with Crippen molar-refractivity contribution >= 4 is 21.7 Å². The molecule has 0 aliphatic heterocycles. The summed E-state index contributed by atoms with van der Waals surface area (Å²) in [4.78, 5) is 11.8. The molecule has 0 atom stereocenters. The van der Waals surface area contributed by atoms with Crippen LogP contribution in [0.3, 0.4) is 0 Å². The zero-order chi connectivity index (χ0) is 14.8. The van der Waals surface area contributed by atoms with Crippen molar-refractivity contribution in [3.8, 4) is 5.75 Å². The molecule has 0 heterocycles. The number of benzene rings is 2. The van der Waals surface area contributed by atoms with Crippen molar-refractivity contribution in [2.24, 2.45) is 0 Å². The molecule has 0 saturated carbocycles. The largest absolute Gasteiger partial charge is 0.489 e. The number of carbonyl (C=O) groups is 1. The maximum absolute atomic E-state index is 13.4. The summed E-state index contributed by atoms with van der Waals surface area (Å²) in [5.74, 6) is 0.613. The fourth-order valence-electron chi connectivity index (χ4n) is 2.53. The van der Waals surface area contributed by atoms with E-state index in [1.54, 1.807) is 12.1 Å². The molecule has 1 aliphatic rings. The fraction of sp³-hybridized carbons (Fsp3) is 0.235. The van der Waals surface area contributed by atoms with Crippen LogP contribution in [0.1, 0.15) is 34.3 Å². The lowest BCUT2D eigenvalue weighted by molar-refractivity contribution is 0.0972. The molecule has 4 heteroatoms. The third-order valence-electron chi connectivity index (χ3n) is 3.65. The van der Waals surface area contributed by atoms with Crippen molar-refractivity contribution in [2.75, 3.05) is 0 Å². The van der Waals surface area contributed by atoms with Crippen molar-refractivity contribution in [3.05, 3.63) is 63.4 Å². The number of carbonyl (C=O) groups excluding carboxylic acids is 1. The Morgan fingerprint density at radius 2 is 2.05 bits per heavy atom. The Labute approximate surface area is 131 Å². The molecule has 0 amide bonds. The van der Waals surface area contributed by atoms with Gasteiger partial charge in [-0.1, -0.05) is 12.1 Å². The number of ether oxygens (including phenoxy) is 1. The lowest BCUT2D eigenvalue weighted by Gasteiger charge is -2.16. The first-order chi connectivity index (χ1) is 10.1. The van der Waals surface area contributed by atoms with Gasteiger partial charge in [0.2, 0.25) is 0 Å². The molecule has 1 aliphatic carbocycles. The molecule has 0 bridgehead atoms. The first-order valence-corrected chi connectivity index (χ1v) is 7.66. The van der Waals surface area contributed by atoms with Crippen LogP contribution in [0.5, 0.6) is 5.75 Å². The SMILES string of the molecule is O=C1CCCc2cc(OCc3cccc(F)c3Br)ccc21. The molecule has 0 spiro atoms. The molecule has 0 aromatic heterocycles. The van der Waals surface area contributed by atoms with Crippen LogP contribution in [0.25, 0.3) is 0 Å². The van der Waals surface area contributed by atoms with Crippen LogP contribution in [0, 0.1) is 5.82 Å². The predicted molar refractivity (Wildman–Crippen MR) is 82.1 cm³/mol. The highest BCUT2D eigenvalue weighted by Crippen LogP contribution is 2.27. The molecule has 2 aromatic carbocycles. The van der Waals surface area contributed by atoms with Crippen LogP contribution < -0.4 is 4.74 Å². The smallest absolute Gasteiger partial charge is 0.163 e. The Morgan fingerprint density at radius 1 is 1.19 bits per heavy atom. The standard InChI is InChI=1S/C17H14BrFO2/c18-17-12(4-1-5-15(17)19)10-21-13-7-8-14-11(9-13)3-2-6-16(14)20/h1,4-5,7-9H,2-3,6,10H2. The highest BCUT2D eigenvalue weighted by molar-refractivity contribution is 9.10. The topological polar surface area (TPSA) is 26.3 Å². The molecule has 2 nitrogen and oxygen atoms in total. The minimum Gasteiger partial charge on any atom is -0.489 e. The lowest BCUT2D eigenvalue weighted by Crippen LogP contribution is -2.10. The Kier molecular flexibility index (Phi) is 4.06. The van der Waals surface area contributed by atoms with Crippen LogP contribution in [0.4, 0.5) is 4.39 Å². The summed E-state index contributed by atoms with van der Waals surface area (Å²) in [7, 11) is 0. The van der Waals surface area contributed by atoms with Gasteiger partial charge in [0.05, 0.1) is 4.47 Å². The van der Waals surface area contributed by atoms with E-state index < -0.39 is 0 Å². The Balaban J connectivity index is 1.77. The van der Waals surface area contributed by atoms with E-state index in [1.165, 1.54) is 6.07 Å². The van der Waals surface area contributed by atoms with Crippen molar-refractivity contribution in [1.82, 2.24) is 0 Å². The highest BCUT2D eigenvalue weighted by atomic mass is 79.9. The molecule has 108 valence electrons. The second kappa shape index (κ2) is 5.98. The van der Waals surface area contributed by atoms with E-state index in [0.29, 0.717) is 16.6 Å². The minimum atomic E-state index is -0.299. The van der Waals surface area contributed by atoms with Crippen LogP contribution in [0.15, 0.2) is 40.9 Å². The number of ketones is 1. The summed E-state index contributed by atoms with van der Waals surface area (Å²) >= 11 is 3.22. The number of hydrogen-bond donors (Lipinski definition) is 0. The zero-order valence-corrected chi connectivity index (χ0v) is 13.0. The Bertz CT molecular complexity index is 697. The second-order valence-corrected chi connectivity index (χ2v) is 5.89. The number of hydrogen-bond acceptors (Lipinski definition) is 2. The second-order valence-electron chi connectivity index (χ2n) is 5.10. The minimum absolute atomic E-state index is 0.204. The first kappa shape index (κ1) is 14.3. The monoisotopic (exact) mass is 348 g/mol. The van der Waals surface area contributed by atoms with Gasteiger partial charge >= 0.3 is 0 Å². The number of Topliss-reactive ketones (excluding diaryl/α,β-unsaturated/α-hetero) is 1. The Morgan fingerprint density at radius 3 is 2.90 bits per heavy atom. The van der Waals surface area contributed by atoms with Crippen LogP contribution >= 0.6 is 15.9 Å². The summed E-state index contributed by atoms with van der Waals surface area (Å²) < 4.78 is 19.6. The maximum atomic E-state index is 13.4. The van der Waals surface area contributed by atoms with E-state index in [-0.39, 0.29) is 18.2 Å². The average Bonchev–Trinajstić information content (AvgIpc) is 2.49. The molecule has 0 N–H and O–H groups in total. The van der Waals surface area contributed by atoms with E-state index >= 15 is 0 Å².